The molecule has 22 heteroatoms. The van der Waals surface area contributed by atoms with Gasteiger partial charge in [0.2, 0.25) is 0 Å². The van der Waals surface area contributed by atoms with Gasteiger partial charge < -0.3 is 9.29 Å². The molecular formula is C20H18F12O7S3. The van der Waals surface area contributed by atoms with E-state index in [2.05, 4.69) is 36.4 Å². The molecular weight excluding hydrogens is 676 g/mol. The average molecular weight is 695 g/mol. The summed E-state index contributed by atoms with van der Waals surface area (Å²) in [6.07, 6.45) is -4.35. The van der Waals surface area contributed by atoms with E-state index < -0.39 is 49.0 Å². The van der Waals surface area contributed by atoms with Crippen LogP contribution in [0.15, 0.2) is 41.3 Å². The molecule has 0 atom stereocenters. The maximum atomic E-state index is 12.2. The molecule has 1 saturated heterocycles. The minimum absolute atomic E-state index is 0.469. The molecule has 242 valence electrons. The van der Waals surface area contributed by atoms with Gasteiger partial charge in [-0.1, -0.05) is 18.2 Å². The van der Waals surface area contributed by atoms with Gasteiger partial charge in [0.15, 0.2) is 15.0 Å². The molecule has 3 rings (SSSR count). The van der Waals surface area contributed by atoms with Crippen LogP contribution in [0.2, 0.25) is 0 Å². The standard InChI is InChI=1S/C15H17OS.C4HF9O3S.CHF3O3S/c1-16-14-8-9-15(17-10-4-5-11-17)13-7-3-2-6-12(13)14;5-1(6,3(9,10)11)2(7,8)4(12,13)17(14,15)16;2-1(3,4)8(5,6)7/h2-3,6-9H,4-5,10-11H2,1H3;(H,14,15,16);(H,5,6,7)/q+1;;/p-1. The molecule has 0 aliphatic carbocycles. The van der Waals surface area contributed by atoms with Gasteiger partial charge in [-0.2, -0.15) is 61.1 Å². The van der Waals surface area contributed by atoms with E-state index in [1.165, 1.54) is 35.1 Å². The number of rotatable bonds is 5. The van der Waals surface area contributed by atoms with E-state index in [1.54, 1.807) is 12.0 Å². The van der Waals surface area contributed by atoms with E-state index in [1.807, 2.05) is 0 Å². The minimum Gasteiger partial charge on any atom is -0.741 e. The van der Waals surface area contributed by atoms with Crippen LogP contribution in [-0.4, -0.2) is 73.3 Å². The first-order chi connectivity index (χ1) is 18.6. The summed E-state index contributed by atoms with van der Waals surface area (Å²) >= 11 is 0. The molecule has 0 bridgehead atoms. The molecule has 0 saturated carbocycles. The van der Waals surface area contributed by atoms with Gasteiger partial charge in [-0.15, -0.1) is 0 Å². The summed E-state index contributed by atoms with van der Waals surface area (Å²) in [5, 5.41) is -4.36. The third kappa shape index (κ3) is 8.05. The van der Waals surface area contributed by atoms with E-state index in [9.17, 15) is 61.1 Å². The fourth-order valence-corrected chi connectivity index (χ4v) is 6.02. The molecule has 0 unspecified atom stereocenters. The largest absolute Gasteiger partial charge is 0.741 e. The van der Waals surface area contributed by atoms with Crippen molar-refractivity contribution in [1.29, 1.82) is 0 Å². The summed E-state index contributed by atoms with van der Waals surface area (Å²) in [6.45, 7) is 0. The molecule has 0 amide bonds. The van der Waals surface area contributed by atoms with E-state index in [-0.39, 0.29) is 0 Å². The number of methoxy groups -OCH3 is 1. The maximum absolute atomic E-state index is 12.2. The highest BCUT2D eigenvalue weighted by Gasteiger charge is 2.85. The van der Waals surface area contributed by atoms with Gasteiger partial charge in [0.25, 0.3) is 0 Å². The lowest BCUT2D eigenvalue weighted by Crippen LogP contribution is -2.63. The van der Waals surface area contributed by atoms with Gasteiger partial charge in [0.05, 0.1) is 7.11 Å². The second-order valence-electron chi connectivity index (χ2n) is 7.96. The van der Waals surface area contributed by atoms with E-state index in [0.717, 1.165) is 5.75 Å². The van der Waals surface area contributed by atoms with Crippen molar-refractivity contribution < 1.29 is 83.4 Å². The van der Waals surface area contributed by atoms with Crippen LogP contribution in [0, 0.1) is 0 Å². The van der Waals surface area contributed by atoms with Gasteiger partial charge in [-0.25, -0.2) is 8.42 Å². The predicted octanol–water partition coefficient (Wildman–Crippen LogP) is 5.97. The summed E-state index contributed by atoms with van der Waals surface area (Å²) in [4.78, 5) is 1.54. The first kappa shape index (κ1) is 37.9. The highest BCUT2D eigenvalue weighted by molar-refractivity contribution is 7.97. The number of hydrogen-bond donors (Lipinski definition) is 1. The second-order valence-corrected chi connectivity index (χ2v) is 13.0. The Hall–Kier alpha value is -2.17. The molecule has 0 radical (unpaired) electrons. The Balaban J connectivity index is 0.000000337. The van der Waals surface area contributed by atoms with Crippen molar-refractivity contribution in [3.8, 4) is 5.75 Å². The number of ether oxygens (including phenoxy) is 1. The van der Waals surface area contributed by atoms with Crippen molar-refractivity contribution in [1.82, 2.24) is 0 Å². The van der Waals surface area contributed by atoms with Gasteiger partial charge in [-0.05, 0) is 31.0 Å². The molecule has 0 spiro atoms. The topological polar surface area (TPSA) is 121 Å². The quantitative estimate of drug-likeness (QED) is 0.177. The Kier molecular flexibility index (Phi) is 11.6. The first-order valence-corrected chi connectivity index (χ1v) is 15.0. The number of halogens is 12. The number of alkyl halides is 12. The molecule has 7 nitrogen and oxygen atoms in total. The zero-order valence-electron chi connectivity index (χ0n) is 20.4. The predicted molar refractivity (Wildman–Crippen MR) is 123 cm³/mol. The Morgan fingerprint density at radius 3 is 1.55 bits per heavy atom. The summed E-state index contributed by atoms with van der Waals surface area (Å²) in [7, 11) is -11.0. The lowest BCUT2D eigenvalue weighted by molar-refractivity contribution is -0.382. The molecule has 42 heavy (non-hydrogen) atoms. The summed E-state index contributed by atoms with van der Waals surface area (Å²) in [6, 6.07) is 13.0. The van der Waals surface area contributed by atoms with Crippen LogP contribution in [0.4, 0.5) is 52.7 Å². The molecule has 1 fully saturated rings. The molecule has 0 aromatic heterocycles. The summed E-state index contributed by atoms with van der Waals surface area (Å²) < 4.78 is 198. The smallest absolute Gasteiger partial charge is 0.485 e. The van der Waals surface area contributed by atoms with Crippen LogP contribution < -0.4 is 4.74 Å². The van der Waals surface area contributed by atoms with Crippen molar-refractivity contribution in [2.45, 2.75) is 46.5 Å². The van der Waals surface area contributed by atoms with E-state index in [4.69, 9.17) is 22.3 Å². The number of benzene rings is 2. The monoisotopic (exact) mass is 694 g/mol. The van der Waals surface area contributed by atoms with Crippen LogP contribution in [0.25, 0.3) is 10.8 Å². The van der Waals surface area contributed by atoms with E-state index in [0.29, 0.717) is 10.9 Å². The minimum atomic E-state index is -7.37. The Morgan fingerprint density at radius 1 is 0.762 bits per heavy atom. The van der Waals surface area contributed by atoms with Crippen LogP contribution in [0.5, 0.6) is 5.75 Å². The fourth-order valence-electron chi connectivity index (χ4n) is 3.07. The highest BCUT2D eigenvalue weighted by atomic mass is 32.2. The average Bonchev–Trinajstić information content (AvgIpc) is 3.36. The van der Waals surface area contributed by atoms with Gasteiger partial charge >= 0.3 is 38.9 Å². The van der Waals surface area contributed by atoms with Crippen LogP contribution in [0.1, 0.15) is 12.8 Å². The molecule has 1 aliphatic heterocycles. The Bertz CT molecular complexity index is 1430. The molecule has 2 aromatic carbocycles. The van der Waals surface area contributed by atoms with Crippen molar-refractivity contribution in [2.24, 2.45) is 0 Å². The van der Waals surface area contributed by atoms with Gasteiger partial charge in [0, 0.05) is 21.7 Å². The maximum Gasteiger partial charge on any atom is 0.485 e. The zero-order chi connectivity index (χ0) is 33.2. The Morgan fingerprint density at radius 2 is 1.19 bits per heavy atom. The third-order valence-corrected chi connectivity index (χ3v) is 9.14. The first-order valence-electron chi connectivity index (χ1n) is 10.6. The number of hydrogen-bond acceptors (Lipinski definition) is 6. The van der Waals surface area contributed by atoms with Crippen molar-refractivity contribution >= 4 is 41.9 Å². The molecule has 1 N–H and O–H groups in total. The van der Waals surface area contributed by atoms with Crippen molar-refractivity contribution in [2.75, 3.05) is 18.6 Å². The highest BCUT2D eigenvalue weighted by Crippen LogP contribution is 2.54. The summed E-state index contributed by atoms with van der Waals surface area (Å²) in [5.74, 6) is -11.0. The third-order valence-electron chi connectivity index (χ3n) is 5.13. The normalized spacial score (nSPS) is 15.9. The lowest BCUT2D eigenvalue weighted by Gasteiger charge is -2.31. The van der Waals surface area contributed by atoms with Crippen LogP contribution >= 0.6 is 0 Å². The van der Waals surface area contributed by atoms with Crippen LogP contribution in [0.3, 0.4) is 0 Å². The Labute approximate surface area is 232 Å². The fraction of sp³-hybridized carbons (Fsp3) is 0.500. The van der Waals surface area contributed by atoms with Crippen LogP contribution in [-0.2, 0) is 31.1 Å². The molecule has 2 aromatic rings. The summed E-state index contributed by atoms with van der Waals surface area (Å²) in [5.41, 5.74) is -5.65. The lowest BCUT2D eigenvalue weighted by atomic mass is 10.1. The molecule has 1 aliphatic rings. The van der Waals surface area contributed by atoms with Crippen molar-refractivity contribution in [3.63, 3.8) is 0 Å². The van der Waals surface area contributed by atoms with Gasteiger partial charge in [0.1, 0.15) is 17.3 Å². The zero-order valence-corrected chi connectivity index (χ0v) is 22.9. The van der Waals surface area contributed by atoms with Crippen molar-refractivity contribution in [3.05, 3.63) is 36.4 Å². The van der Waals surface area contributed by atoms with Gasteiger partial charge in [-0.3, -0.25) is 4.55 Å². The SMILES string of the molecule is COc1ccc([S+]2CCCC2)c2ccccc12.O=S(=O)(O)C(F)(F)C(F)(F)C(F)(F)C(F)(F)F.O=S(=O)([O-])C(F)(F)F. The second kappa shape index (κ2) is 12.8. The number of fused-ring (bicyclic) bond motifs is 1. The van der Waals surface area contributed by atoms with E-state index >= 15 is 0 Å². The molecule has 1 heterocycles.